The summed E-state index contributed by atoms with van der Waals surface area (Å²) in [6.07, 6.45) is 1.75. The Balaban J connectivity index is 1.58. The minimum atomic E-state index is -0.363. The van der Waals surface area contributed by atoms with Gasteiger partial charge in [0.25, 0.3) is 0 Å². The van der Waals surface area contributed by atoms with Crippen LogP contribution in [-0.2, 0) is 9.47 Å². The zero-order chi connectivity index (χ0) is 18.9. The van der Waals surface area contributed by atoms with E-state index >= 15 is 0 Å². The van der Waals surface area contributed by atoms with Gasteiger partial charge in [0.1, 0.15) is 5.82 Å². The van der Waals surface area contributed by atoms with Gasteiger partial charge in [0.15, 0.2) is 5.79 Å². The SMILES string of the molecule is CCN(c1cccc(C)c1)c1nc(C)cc(N2CCC3(CC2)OCCO3)n1. The van der Waals surface area contributed by atoms with Gasteiger partial charge in [0.05, 0.1) is 13.2 Å². The molecule has 2 fully saturated rings. The summed E-state index contributed by atoms with van der Waals surface area (Å²) in [6.45, 7) is 10.3. The molecule has 2 aliphatic heterocycles. The number of piperidine rings is 1. The second-order valence-electron chi connectivity index (χ2n) is 7.35. The lowest BCUT2D eigenvalue weighted by Crippen LogP contribution is -2.45. The maximum absolute atomic E-state index is 5.85. The first-order chi connectivity index (χ1) is 13.1. The van der Waals surface area contributed by atoms with Gasteiger partial charge in [-0.2, -0.15) is 4.98 Å². The van der Waals surface area contributed by atoms with E-state index in [0.717, 1.165) is 55.6 Å². The van der Waals surface area contributed by atoms with Crippen LogP contribution >= 0.6 is 0 Å². The van der Waals surface area contributed by atoms with Crippen LogP contribution in [-0.4, -0.2) is 48.6 Å². The molecule has 3 heterocycles. The largest absolute Gasteiger partial charge is 0.356 e. The molecule has 2 aromatic rings. The smallest absolute Gasteiger partial charge is 0.232 e. The van der Waals surface area contributed by atoms with Gasteiger partial charge in [-0.25, -0.2) is 4.98 Å². The Morgan fingerprint density at radius 1 is 1.07 bits per heavy atom. The molecule has 0 unspecified atom stereocenters. The van der Waals surface area contributed by atoms with E-state index in [0.29, 0.717) is 13.2 Å². The third-order valence-corrected chi connectivity index (χ3v) is 5.36. The molecule has 0 saturated carbocycles. The summed E-state index contributed by atoms with van der Waals surface area (Å²) in [5, 5.41) is 0. The van der Waals surface area contributed by atoms with E-state index in [9.17, 15) is 0 Å². The van der Waals surface area contributed by atoms with Crippen LogP contribution in [0.2, 0.25) is 0 Å². The van der Waals surface area contributed by atoms with Gasteiger partial charge in [-0.15, -0.1) is 0 Å². The van der Waals surface area contributed by atoms with Gasteiger partial charge in [-0.1, -0.05) is 12.1 Å². The molecule has 0 atom stereocenters. The highest BCUT2D eigenvalue weighted by molar-refractivity contribution is 5.60. The number of aryl methyl sites for hydroxylation is 2. The first kappa shape index (κ1) is 18.2. The maximum Gasteiger partial charge on any atom is 0.232 e. The minimum absolute atomic E-state index is 0.363. The molecule has 144 valence electrons. The topological polar surface area (TPSA) is 50.7 Å². The van der Waals surface area contributed by atoms with E-state index in [1.807, 2.05) is 6.92 Å². The quantitative estimate of drug-likeness (QED) is 0.822. The third kappa shape index (κ3) is 3.77. The Morgan fingerprint density at radius 3 is 2.48 bits per heavy atom. The van der Waals surface area contributed by atoms with Crippen LogP contribution in [0.5, 0.6) is 0 Å². The Labute approximate surface area is 161 Å². The molecule has 0 radical (unpaired) electrons. The number of hydrogen-bond donors (Lipinski definition) is 0. The number of ether oxygens (including phenoxy) is 2. The Hall–Kier alpha value is -2.18. The van der Waals surface area contributed by atoms with Crippen molar-refractivity contribution in [1.29, 1.82) is 0 Å². The summed E-state index contributed by atoms with van der Waals surface area (Å²) < 4.78 is 11.7. The van der Waals surface area contributed by atoms with Crippen molar-refractivity contribution in [3.63, 3.8) is 0 Å². The maximum atomic E-state index is 5.85. The first-order valence-corrected chi connectivity index (χ1v) is 9.81. The molecule has 2 aliphatic rings. The zero-order valence-corrected chi connectivity index (χ0v) is 16.4. The second-order valence-corrected chi connectivity index (χ2v) is 7.35. The molecule has 2 saturated heterocycles. The lowest BCUT2D eigenvalue weighted by molar-refractivity contribution is -0.169. The van der Waals surface area contributed by atoms with Crippen molar-refractivity contribution in [3.05, 3.63) is 41.6 Å². The molecule has 1 aromatic heterocycles. The van der Waals surface area contributed by atoms with Crippen molar-refractivity contribution in [2.75, 3.05) is 42.6 Å². The highest BCUT2D eigenvalue weighted by atomic mass is 16.7. The predicted octanol–water partition coefficient (Wildman–Crippen LogP) is 3.59. The van der Waals surface area contributed by atoms with Crippen LogP contribution in [0.3, 0.4) is 0 Å². The molecule has 1 aromatic carbocycles. The summed E-state index contributed by atoms with van der Waals surface area (Å²) >= 11 is 0. The van der Waals surface area contributed by atoms with Gasteiger partial charge in [0.2, 0.25) is 5.95 Å². The molecule has 0 bridgehead atoms. The summed E-state index contributed by atoms with van der Waals surface area (Å²) in [5.74, 6) is 1.38. The normalized spacial score (nSPS) is 18.9. The predicted molar refractivity (Wildman–Crippen MR) is 107 cm³/mol. The number of hydrogen-bond acceptors (Lipinski definition) is 6. The van der Waals surface area contributed by atoms with Crippen molar-refractivity contribution < 1.29 is 9.47 Å². The van der Waals surface area contributed by atoms with Gasteiger partial charge < -0.3 is 19.3 Å². The fraction of sp³-hybridized carbons (Fsp3) is 0.524. The molecule has 0 amide bonds. The van der Waals surface area contributed by atoms with Crippen LogP contribution in [0, 0.1) is 13.8 Å². The Bertz CT molecular complexity index is 795. The fourth-order valence-electron chi connectivity index (χ4n) is 3.92. The summed E-state index contributed by atoms with van der Waals surface area (Å²) in [6, 6.07) is 10.5. The van der Waals surface area contributed by atoms with E-state index in [1.54, 1.807) is 0 Å². The van der Waals surface area contributed by atoms with Crippen LogP contribution < -0.4 is 9.80 Å². The monoisotopic (exact) mass is 368 g/mol. The van der Waals surface area contributed by atoms with Gasteiger partial charge in [-0.05, 0) is 38.5 Å². The number of nitrogens with zero attached hydrogens (tertiary/aromatic N) is 4. The highest BCUT2D eigenvalue weighted by Gasteiger charge is 2.40. The van der Waals surface area contributed by atoms with Gasteiger partial charge in [-0.3, -0.25) is 0 Å². The first-order valence-electron chi connectivity index (χ1n) is 9.81. The number of aromatic nitrogens is 2. The summed E-state index contributed by atoms with van der Waals surface area (Å²) in [7, 11) is 0. The number of anilines is 3. The Morgan fingerprint density at radius 2 is 1.81 bits per heavy atom. The fourth-order valence-corrected chi connectivity index (χ4v) is 3.92. The van der Waals surface area contributed by atoms with Crippen molar-refractivity contribution in [2.45, 2.75) is 39.4 Å². The highest BCUT2D eigenvalue weighted by Crippen LogP contribution is 2.33. The molecule has 27 heavy (non-hydrogen) atoms. The van der Waals surface area contributed by atoms with E-state index in [4.69, 9.17) is 19.4 Å². The lowest BCUT2D eigenvalue weighted by Gasteiger charge is -2.38. The van der Waals surface area contributed by atoms with E-state index in [1.165, 1.54) is 5.56 Å². The average Bonchev–Trinajstić information content (AvgIpc) is 3.11. The van der Waals surface area contributed by atoms with Crippen LogP contribution in [0.15, 0.2) is 30.3 Å². The van der Waals surface area contributed by atoms with Crippen molar-refractivity contribution in [3.8, 4) is 0 Å². The summed E-state index contributed by atoms with van der Waals surface area (Å²) in [4.78, 5) is 14.1. The van der Waals surface area contributed by atoms with E-state index < -0.39 is 0 Å². The lowest BCUT2D eigenvalue weighted by atomic mass is 10.0. The number of rotatable bonds is 4. The van der Waals surface area contributed by atoms with Gasteiger partial charge in [0, 0.05) is 49.9 Å². The van der Waals surface area contributed by atoms with Crippen LogP contribution in [0.25, 0.3) is 0 Å². The minimum Gasteiger partial charge on any atom is -0.356 e. The molecule has 1 spiro atoms. The van der Waals surface area contributed by atoms with E-state index in [-0.39, 0.29) is 5.79 Å². The molecular weight excluding hydrogens is 340 g/mol. The zero-order valence-electron chi connectivity index (χ0n) is 16.4. The molecule has 6 heteroatoms. The third-order valence-electron chi connectivity index (χ3n) is 5.36. The summed E-state index contributed by atoms with van der Waals surface area (Å²) in [5.41, 5.74) is 3.34. The average molecular weight is 368 g/mol. The van der Waals surface area contributed by atoms with Crippen LogP contribution in [0.1, 0.15) is 31.0 Å². The molecule has 0 aliphatic carbocycles. The Kier molecular flexibility index (Phi) is 5.02. The van der Waals surface area contributed by atoms with Crippen molar-refractivity contribution >= 4 is 17.5 Å². The molecule has 6 nitrogen and oxygen atoms in total. The van der Waals surface area contributed by atoms with Crippen molar-refractivity contribution in [2.24, 2.45) is 0 Å². The van der Waals surface area contributed by atoms with Crippen LogP contribution in [0.4, 0.5) is 17.5 Å². The molecule has 4 rings (SSSR count). The van der Waals surface area contributed by atoms with Gasteiger partial charge >= 0.3 is 0 Å². The van der Waals surface area contributed by atoms with E-state index in [2.05, 4.69) is 54.0 Å². The molecular formula is C21H28N4O2. The second kappa shape index (κ2) is 7.44. The molecule has 0 N–H and O–H groups in total. The van der Waals surface area contributed by atoms with Crippen molar-refractivity contribution in [1.82, 2.24) is 9.97 Å². The number of benzene rings is 1. The standard InChI is InChI=1S/C21H28N4O2/c1-4-25(18-7-5-6-16(2)14-18)20-22-17(3)15-19(23-20)24-10-8-21(9-11-24)26-12-13-27-21/h5-7,14-15H,4,8-13H2,1-3H3.